The number of piperidine rings is 1. The van der Waals surface area contributed by atoms with E-state index in [4.69, 9.17) is 9.47 Å². The van der Waals surface area contributed by atoms with Gasteiger partial charge in [-0.2, -0.15) is 0 Å². The second-order valence-electron chi connectivity index (χ2n) is 7.42. The van der Waals surface area contributed by atoms with Crippen molar-refractivity contribution in [3.8, 4) is 11.5 Å². The van der Waals surface area contributed by atoms with Gasteiger partial charge in [-0.05, 0) is 62.1 Å². The first-order valence-electron chi connectivity index (χ1n) is 9.82. The fraction of sp³-hybridized carbons (Fsp3) is 0.391. The number of nitrogens with zero attached hydrogens (tertiary/aromatic N) is 1. The van der Waals surface area contributed by atoms with Crippen LogP contribution in [0.2, 0.25) is 0 Å². The molecule has 1 N–H and O–H groups in total. The lowest BCUT2D eigenvalue weighted by Crippen LogP contribution is -2.41. The van der Waals surface area contributed by atoms with Crippen LogP contribution >= 0.6 is 0 Å². The molecule has 0 radical (unpaired) electrons. The van der Waals surface area contributed by atoms with Gasteiger partial charge in [0, 0.05) is 30.6 Å². The first kappa shape index (κ1) is 20.7. The number of likely N-dealkylation sites (tertiary alicyclic amines) is 1. The van der Waals surface area contributed by atoms with Gasteiger partial charge >= 0.3 is 0 Å². The lowest BCUT2D eigenvalue weighted by molar-refractivity contribution is -0.121. The van der Waals surface area contributed by atoms with Crippen LogP contribution in [-0.4, -0.2) is 44.0 Å². The van der Waals surface area contributed by atoms with Gasteiger partial charge in [0.1, 0.15) is 11.5 Å². The lowest BCUT2D eigenvalue weighted by Gasteiger charge is -2.31. The van der Waals surface area contributed by atoms with Crippen molar-refractivity contribution in [2.24, 2.45) is 5.92 Å². The highest BCUT2D eigenvalue weighted by Crippen LogP contribution is 2.30. The summed E-state index contributed by atoms with van der Waals surface area (Å²) in [5, 5.41) is 2.95. The van der Waals surface area contributed by atoms with Gasteiger partial charge in [0.15, 0.2) is 0 Å². The van der Waals surface area contributed by atoms with Gasteiger partial charge in [-0.1, -0.05) is 6.07 Å². The van der Waals surface area contributed by atoms with Crippen LogP contribution in [0.15, 0.2) is 36.4 Å². The molecular weight excluding hydrogens is 368 g/mol. The average molecular weight is 396 g/mol. The van der Waals surface area contributed by atoms with Crippen molar-refractivity contribution in [3.05, 3.63) is 53.1 Å². The highest BCUT2D eigenvalue weighted by Gasteiger charge is 2.28. The molecule has 1 aliphatic rings. The fourth-order valence-electron chi connectivity index (χ4n) is 3.55. The van der Waals surface area contributed by atoms with Crippen LogP contribution in [0, 0.1) is 19.8 Å². The molecule has 0 spiro atoms. The van der Waals surface area contributed by atoms with E-state index in [9.17, 15) is 9.59 Å². The zero-order valence-corrected chi connectivity index (χ0v) is 17.5. The summed E-state index contributed by atoms with van der Waals surface area (Å²) >= 11 is 0. The predicted molar refractivity (Wildman–Crippen MR) is 113 cm³/mol. The van der Waals surface area contributed by atoms with Crippen LogP contribution in [0.5, 0.6) is 11.5 Å². The van der Waals surface area contributed by atoms with E-state index in [1.54, 1.807) is 32.4 Å². The van der Waals surface area contributed by atoms with E-state index in [0.717, 1.165) is 5.56 Å². The second kappa shape index (κ2) is 8.99. The molecule has 0 saturated carbocycles. The zero-order valence-electron chi connectivity index (χ0n) is 17.5. The Morgan fingerprint density at radius 3 is 2.31 bits per heavy atom. The molecule has 0 aromatic heterocycles. The van der Waals surface area contributed by atoms with Gasteiger partial charge in [-0.15, -0.1) is 0 Å². The molecule has 1 fully saturated rings. The molecule has 2 amide bonds. The van der Waals surface area contributed by atoms with Crippen LogP contribution < -0.4 is 14.8 Å². The molecule has 154 valence electrons. The molecule has 1 saturated heterocycles. The average Bonchev–Trinajstić information content (AvgIpc) is 2.75. The van der Waals surface area contributed by atoms with Crippen molar-refractivity contribution in [1.82, 2.24) is 4.90 Å². The minimum Gasteiger partial charge on any atom is -0.497 e. The Balaban J connectivity index is 1.61. The van der Waals surface area contributed by atoms with E-state index >= 15 is 0 Å². The number of carbonyl (C=O) groups is 2. The Bertz CT molecular complexity index is 902. The summed E-state index contributed by atoms with van der Waals surface area (Å²) in [7, 11) is 3.14. The van der Waals surface area contributed by atoms with E-state index in [1.807, 2.05) is 36.9 Å². The first-order chi connectivity index (χ1) is 13.9. The maximum Gasteiger partial charge on any atom is 0.253 e. The fourth-order valence-corrected chi connectivity index (χ4v) is 3.55. The molecule has 0 bridgehead atoms. The third-order valence-electron chi connectivity index (χ3n) is 5.57. The number of nitrogens with one attached hydrogen (secondary N) is 1. The number of anilines is 1. The van der Waals surface area contributed by atoms with Gasteiger partial charge in [-0.3, -0.25) is 9.59 Å². The molecule has 1 aliphatic heterocycles. The Labute approximate surface area is 171 Å². The largest absolute Gasteiger partial charge is 0.497 e. The zero-order chi connectivity index (χ0) is 21.0. The Kier molecular flexibility index (Phi) is 6.42. The van der Waals surface area contributed by atoms with Crippen molar-refractivity contribution < 1.29 is 19.1 Å². The van der Waals surface area contributed by atoms with Gasteiger partial charge in [0.2, 0.25) is 5.91 Å². The van der Waals surface area contributed by atoms with Crippen LogP contribution in [-0.2, 0) is 4.79 Å². The smallest absolute Gasteiger partial charge is 0.253 e. The van der Waals surface area contributed by atoms with E-state index < -0.39 is 0 Å². The van der Waals surface area contributed by atoms with Crippen molar-refractivity contribution in [1.29, 1.82) is 0 Å². The molecular formula is C23H28N2O4. The maximum atomic E-state index is 12.8. The van der Waals surface area contributed by atoms with Gasteiger partial charge in [0.25, 0.3) is 5.91 Å². The standard InChI is InChI=1S/C23H28N2O4/c1-15-5-6-18(13-16(15)2)23(27)25-11-9-17(10-12-25)22(26)24-20-14-19(28-3)7-8-21(20)29-4/h5-8,13-14,17H,9-12H2,1-4H3,(H,24,26). The summed E-state index contributed by atoms with van der Waals surface area (Å²) in [5.41, 5.74) is 3.57. The van der Waals surface area contributed by atoms with Crippen LogP contribution in [0.1, 0.15) is 34.3 Å². The molecule has 2 aromatic rings. The summed E-state index contributed by atoms with van der Waals surface area (Å²) in [6.07, 6.45) is 1.27. The number of rotatable bonds is 5. The Morgan fingerprint density at radius 1 is 0.966 bits per heavy atom. The van der Waals surface area contributed by atoms with Crippen molar-refractivity contribution >= 4 is 17.5 Å². The molecule has 6 heteroatoms. The van der Waals surface area contributed by atoms with E-state index in [0.29, 0.717) is 48.7 Å². The maximum absolute atomic E-state index is 12.8. The van der Waals surface area contributed by atoms with E-state index in [-0.39, 0.29) is 17.7 Å². The summed E-state index contributed by atoms with van der Waals surface area (Å²) < 4.78 is 10.6. The second-order valence-corrected chi connectivity index (χ2v) is 7.42. The van der Waals surface area contributed by atoms with Crippen molar-refractivity contribution in [3.63, 3.8) is 0 Å². The van der Waals surface area contributed by atoms with Gasteiger partial charge in [0.05, 0.1) is 19.9 Å². The number of carbonyl (C=O) groups excluding carboxylic acids is 2. The monoisotopic (exact) mass is 396 g/mol. The number of aryl methyl sites for hydroxylation is 2. The lowest BCUT2D eigenvalue weighted by atomic mass is 9.95. The number of amides is 2. The molecule has 29 heavy (non-hydrogen) atoms. The number of hydrogen-bond donors (Lipinski definition) is 1. The third kappa shape index (κ3) is 4.70. The normalized spacial score (nSPS) is 14.4. The quantitative estimate of drug-likeness (QED) is 0.834. The summed E-state index contributed by atoms with van der Waals surface area (Å²) in [6, 6.07) is 11.1. The Morgan fingerprint density at radius 2 is 1.69 bits per heavy atom. The van der Waals surface area contributed by atoms with E-state index in [1.165, 1.54) is 5.56 Å². The first-order valence-corrected chi connectivity index (χ1v) is 9.82. The Hall–Kier alpha value is -3.02. The number of ether oxygens (including phenoxy) is 2. The van der Waals surface area contributed by atoms with Crippen molar-refractivity contribution in [2.75, 3.05) is 32.6 Å². The highest BCUT2D eigenvalue weighted by atomic mass is 16.5. The summed E-state index contributed by atoms with van der Waals surface area (Å²) in [6.45, 7) is 5.18. The number of hydrogen-bond acceptors (Lipinski definition) is 4. The highest BCUT2D eigenvalue weighted by molar-refractivity contribution is 5.96. The minimum absolute atomic E-state index is 0.0291. The topological polar surface area (TPSA) is 67.9 Å². The van der Waals surface area contributed by atoms with Crippen LogP contribution in [0.25, 0.3) is 0 Å². The van der Waals surface area contributed by atoms with Gasteiger partial charge < -0.3 is 19.7 Å². The number of methoxy groups -OCH3 is 2. The molecule has 1 heterocycles. The number of benzene rings is 2. The van der Waals surface area contributed by atoms with Crippen LogP contribution in [0.3, 0.4) is 0 Å². The summed E-state index contributed by atoms with van der Waals surface area (Å²) in [5.74, 6) is 1.06. The third-order valence-corrected chi connectivity index (χ3v) is 5.57. The minimum atomic E-state index is -0.144. The molecule has 0 atom stereocenters. The van der Waals surface area contributed by atoms with Crippen molar-refractivity contribution in [2.45, 2.75) is 26.7 Å². The summed E-state index contributed by atoms with van der Waals surface area (Å²) in [4.78, 5) is 27.4. The molecule has 6 nitrogen and oxygen atoms in total. The predicted octanol–water partition coefficient (Wildman–Crippen LogP) is 3.81. The molecule has 0 aliphatic carbocycles. The van der Waals surface area contributed by atoms with Gasteiger partial charge in [-0.25, -0.2) is 0 Å². The van der Waals surface area contributed by atoms with E-state index in [2.05, 4.69) is 5.32 Å². The SMILES string of the molecule is COc1ccc(OC)c(NC(=O)C2CCN(C(=O)c3ccc(C)c(C)c3)CC2)c1. The molecule has 2 aromatic carbocycles. The molecule has 3 rings (SSSR count). The van der Waals surface area contributed by atoms with Crippen LogP contribution in [0.4, 0.5) is 5.69 Å². The molecule has 0 unspecified atom stereocenters.